The maximum Gasteiger partial charge on any atom is 0.269 e. The van der Waals surface area contributed by atoms with E-state index in [4.69, 9.17) is 0 Å². The summed E-state index contributed by atoms with van der Waals surface area (Å²) in [5.74, 6) is -1.38. The second kappa shape index (κ2) is 6.74. The molecule has 1 aromatic rings. The first-order valence-corrected chi connectivity index (χ1v) is 5.94. The van der Waals surface area contributed by atoms with Crippen LogP contribution < -0.4 is 10.9 Å². The van der Waals surface area contributed by atoms with Crippen LogP contribution in [-0.4, -0.2) is 11.8 Å². The molecule has 1 aromatic carbocycles. The van der Waals surface area contributed by atoms with Gasteiger partial charge in [-0.2, -0.15) is 0 Å². The third kappa shape index (κ3) is 3.84. The summed E-state index contributed by atoms with van der Waals surface area (Å²) in [4.78, 5) is 23.2. The Labute approximate surface area is 106 Å². The minimum atomic E-state index is -0.534. The van der Waals surface area contributed by atoms with E-state index in [0.29, 0.717) is 12.8 Å². The minimum absolute atomic E-state index is 0.127. The van der Waals surface area contributed by atoms with E-state index in [2.05, 4.69) is 10.9 Å². The van der Waals surface area contributed by atoms with Crippen LogP contribution in [0.15, 0.2) is 24.3 Å². The molecule has 2 amide bonds. The lowest BCUT2D eigenvalue weighted by molar-refractivity contribution is -0.125. The van der Waals surface area contributed by atoms with Crippen LogP contribution >= 0.6 is 0 Å². The molecule has 5 heteroatoms. The van der Waals surface area contributed by atoms with Crippen molar-refractivity contribution in [3.05, 3.63) is 35.6 Å². The van der Waals surface area contributed by atoms with E-state index in [1.165, 1.54) is 18.2 Å². The molecule has 0 aliphatic carbocycles. The van der Waals surface area contributed by atoms with Gasteiger partial charge in [-0.25, -0.2) is 4.39 Å². The molecule has 0 radical (unpaired) electrons. The molecule has 0 unspecified atom stereocenters. The third-order valence-corrected chi connectivity index (χ3v) is 2.74. The molecule has 18 heavy (non-hydrogen) atoms. The van der Waals surface area contributed by atoms with Crippen molar-refractivity contribution in [2.75, 3.05) is 0 Å². The highest BCUT2D eigenvalue weighted by Crippen LogP contribution is 2.06. The van der Waals surface area contributed by atoms with Crippen molar-refractivity contribution in [2.45, 2.75) is 26.7 Å². The maximum atomic E-state index is 12.9. The van der Waals surface area contributed by atoms with Gasteiger partial charge in [-0.1, -0.05) is 19.9 Å². The van der Waals surface area contributed by atoms with Gasteiger partial charge in [0.1, 0.15) is 5.82 Å². The first-order valence-electron chi connectivity index (χ1n) is 5.94. The van der Waals surface area contributed by atoms with Crippen molar-refractivity contribution in [3.8, 4) is 0 Å². The highest BCUT2D eigenvalue weighted by Gasteiger charge is 2.15. The first-order chi connectivity index (χ1) is 8.58. The van der Waals surface area contributed by atoms with Crippen molar-refractivity contribution in [1.82, 2.24) is 10.9 Å². The van der Waals surface area contributed by atoms with Gasteiger partial charge < -0.3 is 0 Å². The van der Waals surface area contributed by atoms with Crippen LogP contribution in [0, 0.1) is 11.7 Å². The average Bonchev–Trinajstić information content (AvgIpc) is 2.37. The highest BCUT2D eigenvalue weighted by molar-refractivity contribution is 5.95. The summed E-state index contributed by atoms with van der Waals surface area (Å²) in [6.45, 7) is 3.81. The Hall–Kier alpha value is -1.91. The summed E-state index contributed by atoms with van der Waals surface area (Å²) in [6, 6.07) is 5.27. The topological polar surface area (TPSA) is 58.2 Å². The molecule has 0 atom stereocenters. The van der Waals surface area contributed by atoms with Crippen molar-refractivity contribution in [3.63, 3.8) is 0 Å². The average molecular weight is 252 g/mol. The zero-order valence-electron chi connectivity index (χ0n) is 10.5. The van der Waals surface area contributed by atoms with Gasteiger partial charge >= 0.3 is 0 Å². The second-order valence-electron chi connectivity index (χ2n) is 3.97. The molecule has 2 N–H and O–H groups in total. The summed E-state index contributed by atoms with van der Waals surface area (Å²) >= 11 is 0. The van der Waals surface area contributed by atoms with E-state index in [-0.39, 0.29) is 17.4 Å². The van der Waals surface area contributed by atoms with Crippen LogP contribution in [0.25, 0.3) is 0 Å². The number of nitrogens with one attached hydrogen (secondary N) is 2. The van der Waals surface area contributed by atoms with Crippen molar-refractivity contribution >= 4 is 11.8 Å². The Kier molecular flexibility index (Phi) is 5.30. The fourth-order valence-corrected chi connectivity index (χ4v) is 1.58. The van der Waals surface area contributed by atoms with E-state index in [1.807, 2.05) is 13.8 Å². The molecule has 0 heterocycles. The summed E-state index contributed by atoms with van der Waals surface area (Å²) in [5.41, 5.74) is 4.78. The van der Waals surface area contributed by atoms with Crippen LogP contribution in [0.5, 0.6) is 0 Å². The van der Waals surface area contributed by atoms with Gasteiger partial charge in [0.05, 0.1) is 0 Å². The highest BCUT2D eigenvalue weighted by atomic mass is 19.1. The van der Waals surface area contributed by atoms with Gasteiger partial charge in [0.25, 0.3) is 5.91 Å². The molecular weight excluding hydrogens is 235 g/mol. The monoisotopic (exact) mass is 252 g/mol. The standard InChI is InChI=1S/C13H17FN2O2/c1-3-9(4-2)12(17)15-16-13(18)10-6-5-7-11(14)8-10/h5-9H,3-4H2,1-2H3,(H,15,17)(H,16,18). The molecular formula is C13H17FN2O2. The van der Waals surface area contributed by atoms with Crippen molar-refractivity contribution in [2.24, 2.45) is 5.92 Å². The summed E-state index contributed by atoms with van der Waals surface area (Å²) in [7, 11) is 0. The molecule has 98 valence electrons. The predicted molar refractivity (Wildman–Crippen MR) is 66.1 cm³/mol. The quantitative estimate of drug-likeness (QED) is 0.805. The Balaban J connectivity index is 2.54. The lowest BCUT2D eigenvalue weighted by Crippen LogP contribution is -2.44. The molecule has 0 aliphatic heterocycles. The first kappa shape index (κ1) is 14.2. The summed E-state index contributed by atoms with van der Waals surface area (Å²) < 4.78 is 12.9. The fraction of sp³-hybridized carbons (Fsp3) is 0.385. The van der Waals surface area contributed by atoms with E-state index in [0.717, 1.165) is 6.07 Å². The molecule has 0 aliphatic rings. The Morgan fingerprint density at radius 2 is 1.89 bits per heavy atom. The van der Waals surface area contributed by atoms with Crippen LogP contribution in [-0.2, 0) is 4.79 Å². The summed E-state index contributed by atoms with van der Waals surface area (Å²) in [6.07, 6.45) is 1.41. The Morgan fingerprint density at radius 3 is 2.44 bits per heavy atom. The predicted octanol–water partition coefficient (Wildman–Crippen LogP) is 2.02. The van der Waals surface area contributed by atoms with Gasteiger partial charge in [-0.15, -0.1) is 0 Å². The molecule has 4 nitrogen and oxygen atoms in total. The lowest BCUT2D eigenvalue weighted by atomic mass is 10.0. The lowest BCUT2D eigenvalue weighted by Gasteiger charge is -2.13. The van der Waals surface area contributed by atoms with E-state index < -0.39 is 11.7 Å². The number of carbonyl (C=O) groups excluding carboxylic acids is 2. The van der Waals surface area contributed by atoms with Crippen LogP contribution in [0.3, 0.4) is 0 Å². The van der Waals surface area contributed by atoms with Crippen LogP contribution in [0.1, 0.15) is 37.0 Å². The van der Waals surface area contributed by atoms with E-state index >= 15 is 0 Å². The van der Waals surface area contributed by atoms with Gasteiger partial charge in [0, 0.05) is 11.5 Å². The number of rotatable bonds is 4. The number of hydrazine groups is 1. The molecule has 0 aromatic heterocycles. The molecule has 0 fully saturated rings. The second-order valence-corrected chi connectivity index (χ2v) is 3.97. The Morgan fingerprint density at radius 1 is 1.22 bits per heavy atom. The molecule has 0 spiro atoms. The minimum Gasteiger partial charge on any atom is -0.273 e. The zero-order valence-corrected chi connectivity index (χ0v) is 10.5. The molecule has 0 saturated carbocycles. The number of benzene rings is 1. The number of carbonyl (C=O) groups is 2. The smallest absolute Gasteiger partial charge is 0.269 e. The Bertz CT molecular complexity index is 431. The van der Waals surface area contributed by atoms with E-state index in [1.54, 1.807) is 0 Å². The normalized spacial score (nSPS) is 10.2. The van der Waals surface area contributed by atoms with Crippen molar-refractivity contribution in [1.29, 1.82) is 0 Å². The number of hydrogen-bond donors (Lipinski definition) is 2. The molecule has 0 bridgehead atoms. The van der Waals surface area contributed by atoms with Crippen molar-refractivity contribution < 1.29 is 14.0 Å². The molecule has 1 rings (SSSR count). The van der Waals surface area contributed by atoms with E-state index in [9.17, 15) is 14.0 Å². The third-order valence-electron chi connectivity index (χ3n) is 2.74. The van der Waals surface area contributed by atoms with Crippen LogP contribution in [0.2, 0.25) is 0 Å². The van der Waals surface area contributed by atoms with Gasteiger partial charge in [0.2, 0.25) is 5.91 Å². The molecule has 0 saturated heterocycles. The largest absolute Gasteiger partial charge is 0.273 e. The van der Waals surface area contributed by atoms with Gasteiger partial charge in [-0.05, 0) is 31.0 Å². The summed E-state index contributed by atoms with van der Waals surface area (Å²) in [5, 5.41) is 0. The van der Waals surface area contributed by atoms with Gasteiger partial charge in [0.15, 0.2) is 0 Å². The van der Waals surface area contributed by atoms with Gasteiger partial charge in [-0.3, -0.25) is 20.4 Å². The number of hydrogen-bond acceptors (Lipinski definition) is 2. The zero-order chi connectivity index (χ0) is 13.5. The number of amides is 2. The fourth-order valence-electron chi connectivity index (χ4n) is 1.58. The maximum absolute atomic E-state index is 12.9. The SMILES string of the molecule is CCC(CC)C(=O)NNC(=O)c1cccc(F)c1. The van der Waals surface area contributed by atoms with Crippen LogP contribution in [0.4, 0.5) is 4.39 Å². The number of halogens is 1.